The molecule has 2 aliphatic heterocycles. The number of carbonyl (C=O) groups is 2. The zero-order valence-electron chi connectivity index (χ0n) is 20.7. The molecule has 0 aromatic heterocycles. The molecular formula is C29H32BrNO4. The molecule has 35 heavy (non-hydrogen) atoms. The van der Waals surface area contributed by atoms with Gasteiger partial charge in [-0.1, -0.05) is 67.9 Å². The maximum atomic E-state index is 13.3. The highest BCUT2D eigenvalue weighted by Gasteiger charge is 2.69. The van der Waals surface area contributed by atoms with Crippen molar-refractivity contribution in [2.75, 3.05) is 0 Å². The lowest BCUT2D eigenvalue weighted by Gasteiger charge is -2.66. The number of carbonyl (C=O) groups excluding carboxylic acids is 2. The van der Waals surface area contributed by atoms with Crippen molar-refractivity contribution in [3.8, 4) is 11.5 Å². The number of benzene rings is 2. The molecule has 1 spiro atoms. The fourth-order valence-electron chi connectivity index (χ4n) is 7.80. The van der Waals surface area contributed by atoms with Crippen molar-refractivity contribution in [2.45, 2.75) is 69.8 Å². The third kappa shape index (κ3) is 2.86. The van der Waals surface area contributed by atoms with Gasteiger partial charge in [-0.05, 0) is 42.9 Å². The molecule has 184 valence electrons. The van der Waals surface area contributed by atoms with E-state index in [-0.39, 0.29) is 33.6 Å². The van der Waals surface area contributed by atoms with Crippen LogP contribution in [0.4, 0.5) is 0 Å². The molecule has 2 aliphatic carbocycles. The first-order valence-corrected chi connectivity index (χ1v) is 13.5. The summed E-state index contributed by atoms with van der Waals surface area (Å²) < 4.78 is 7.28. The Morgan fingerprint density at radius 1 is 1.09 bits per heavy atom. The molecule has 2 N–H and O–H groups in total. The molecule has 6 atom stereocenters. The minimum Gasteiger partial charge on any atom is -0.508 e. The maximum Gasteiger partial charge on any atom is 0.252 e. The lowest BCUT2D eigenvalue weighted by Crippen LogP contribution is -2.71. The van der Waals surface area contributed by atoms with Crippen molar-refractivity contribution in [3.63, 3.8) is 0 Å². The number of para-hydroxylation sites is 1. The lowest BCUT2D eigenvalue weighted by atomic mass is 9.44. The molecule has 4 aliphatic rings. The van der Waals surface area contributed by atoms with Gasteiger partial charge in [-0.25, -0.2) is 0 Å². The van der Waals surface area contributed by atoms with E-state index in [0.717, 1.165) is 36.1 Å². The predicted octanol–water partition coefficient (Wildman–Crippen LogP) is 5.71. The maximum absolute atomic E-state index is 13.3. The molecule has 0 saturated heterocycles. The van der Waals surface area contributed by atoms with Crippen LogP contribution in [-0.4, -0.2) is 27.2 Å². The summed E-state index contributed by atoms with van der Waals surface area (Å²) in [6, 6.07) is 10.6. The second-order valence-corrected chi connectivity index (χ2v) is 13.0. The zero-order chi connectivity index (χ0) is 24.9. The number of phenolic OH excluding ortho intramolecular Hbond substituents is 1. The Hall–Kier alpha value is -2.34. The molecule has 6 rings (SSSR count). The van der Waals surface area contributed by atoms with Crippen LogP contribution in [0.2, 0.25) is 0 Å². The van der Waals surface area contributed by atoms with E-state index in [9.17, 15) is 14.7 Å². The summed E-state index contributed by atoms with van der Waals surface area (Å²) in [6.45, 7) is 8.82. The molecule has 2 heterocycles. The molecule has 6 heteroatoms. The molecule has 2 unspecified atom stereocenters. The van der Waals surface area contributed by atoms with Crippen LogP contribution < -0.4 is 10.1 Å². The van der Waals surface area contributed by atoms with Gasteiger partial charge in [-0.3, -0.25) is 9.59 Å². The van der Waals surface area contributed by atoms with E-state index in [1.54, 1.807) is 12.1 Å². The molecule has 0 bridgehead atoms. The van der Waals surface area contributed by atoms with Gasteiger partial charge in [0.2, 0.25) is 0 Å². The highest BCUT2D eigenvalue weighted by atomic mass is 79.9. The van der Waals surface area contributed by atoms with E-state index in [0.29, 0.717) is 23.5 Å². The van der Waals surface area contributed by atoms with E-state index < -0.39 is 17.1 Å². The summed E-state index contributed by atoms with van der Waals surface area (Å²) in [5.41, 5.74) is 1.96. The third-order valence-electron chi connectivity index (χ3n) is 9.95. The molecule has 0 radical (unpaired) electrons. The number of phenols is 1. The van der Waals surface area contributed by atoms with Gasteiger partial charge in [0.05, 0.1) is 10.9 Å². The van der Waals surface area contributed by atoms with Gasteiger partial charge in [0.15, 0.2) is 5.78 Å². The second kappa shape index (κ2) is 7.34. The van der Waals surface area contributed by atoms with Crippen molar-refractivity contribution in [1.82, 2.24) is 5.32 Å². The summed E-state index contributed by atoms with van der Waals surface area (Å²) in [5, 5.41) is 13.7. The van der Waals surface area contributed by atoms with E-state index in [2.05, 4.69) is 48.9 Å². The number of halogens is 1. The SMILES string of the molecule is C[C@H]1CC[C@H]2C(C)(C)C(=O)C(Br)C[C@]23Oc2c(ccc4c2C(c2ccccc2O)NC4=O)C[C@]13C. The van der Waals surface area contributed by atoms with E-state index in [1.165, 1.54) is 0 Å². The number of alkyl halides is 1. The normalized spacial score (nSPS) is 36.8. The number of aromatic hydroxyl groups is 1. The van der Waals surface area contributed by atoms with Gasteiger partial charge in [-0.2, -0.15) is 0 Å². The molecule has 2 aromatic carbocycles. The Morgan fingerprint density at radius 2 is 1.83 bits per heavy atom. The van der Waals surface area contributed by atoms with Crippen LogP contribution in [0.1, 0.15) is 80.0 Å². The molecule has 5 nitrogen and oxygen atoms in total. The van der Waals surface area contributed by atoms with Gasteiger partial charge >= 0.3 is 0 Å². The number of amides is 1. The Morgan fingerprint density at radius 3 is 2.57 bits per heavy atom. The number of hydrogen-bond donors (Lipinski definition) is 2. The van der Waals surface area contributed by atoms with Crippen molar-refractivity contribution in [3.05, 3.63) is 58.7 Å². The van der Waals surface area contributed by atoms with Crippen LogP contribution in [0.3, 0.4) is 0 Å². The highest BCUT2D eigenvalue weighted by Crippen LogP contribution is 2.66. The van der Waals surface area contributed by atoms with Gasteiger partial charge < -0.3 is 15.2 Å². The van der Waals surface area contributed by atoms with Crippen LogP contribution in [0, 0.1) is 22.7 Å². The molecule has 2 fully saturated rings. The van der Waals surface area contributed by atoms with Gasteiger partial charge in [0.25, 0.3) is 5.91 Å². The summed E-state index contributed by atoms with van der Waals surface area (Å²) in [5.74, 6) is 1.51. The summed E-state index contributed by atoms with van der Waals surface area (Å²) in [6.07, 6.45) is 3.46. The topological polar surface area (TPSA) is 75.6 Å². The zero-order valence-corrected chi connectivity index (χ0v) is 22.2. The first-order valence-electron chi connectivity index (χ1n) is 12.6. The molecule has 2 aromatic rings. The van der Waals surface area contributed by atoms with Crippen molar-refractivity contribution < 1.29 is 19.4 Å². The van der Waals surface area contributed by atoms with Gasteiger partial charge in [-0.15, -0.1) is 0 Å². The van der Waals surface area contributed by atoms with Crippen LogP contribution >= 0.6 is 15.9 Å². The summed E-state index contributed by atoms with van der Waals surface area (Å²) >= 11 is 3.73. The Bertz CT molecular complexity index is 1270. The highest BCUT2D eigenvalue weighted by molar-refractivity contribution is 9.10. The van der Waals surface area contributed by atoms with Crippen LogP contribution in [-0.2, 0) is 11.2 Å². The van der Waals surface area contributed by atoms with Gasteiger partial charge in [0, 0.05) is 39.9 Å². The van der Waals surface area contributed by atoms with Crippen molar-refractivity contribution >= 4 is 27.6 Å². The first kappa shape index (κ1) is 23.1. The number of ketones is 1. The third-order valence-corrected chi connectivity index (χ3v) is 10.7. The predicted molar refractivity (Wildman–Crippen MR) is 137 cm³/mol. The van der Waals surface area contributed by atoms with Crippen molar-refractivity contribution in [2.24, 2.45) is 22.7 Å². The number of rotatable bonds is 1. The number of ether oxygens (including phenoxy) is 1. The summed E-state index contributed by atoms with van der Waals surface area (Å²) in [7, 11) is 0. The number of fused-ring (bicyclic) bond motifs is 3. The largest absolute Gasteiger partial charge is 0.508 e. The molecule has 1 amide bonds. The average Bonchev–Trinajstić information content (AvgIpc) is 3.14. The Balaban J connectivity index is 1.58. The minimum absolute atomic E-state index is 0.0788. The molecular weight excluding hydrogens is 506 g/mol. The quantitative estimate of drug-likeness (QED) is 0.456. The van der Waals surface area contributed by atoms with E-state index in [4.69, 9.17) is 4.74 Å². The summed E-state index contributed by atoms with van der Waals surface area (Å²) in [4.78, 5) is 26.1. The fraction of sp³-hybridized carbons (Fsp3) is 0.517. The number of nitrogens with one attached hydrogen (secondary N) is 1. The standard InChI is InChI=1S/C29H32BrNO4/c1-15-9-12-21-27(2,3)25(33)19(30)14-29(21)28(15,4)13-16-10-11-18-22(24(16)35-29)23(31-26(18)34)17-7-5-6-8-20(17)32/h5-8,10-11,15,19,21,23,32H,9,12-14H2,1-4H3,(H,31,34)/t15-,19?,21-,23?,28+,29-/m0/s1. The Labute approximate surface area is 214 Å². The monoisotopic (exact) mass is 537 g/mol. The fourth-order valence-corrected chi connectivity index (χ4v) is 8.87. The second-order valence-electron chi connectivity index (χ2n) is 11.9. The lowest BCUT2D eigenvalue weighted by molar-refractivity contribution is -0.207. The van der Waals surface area contributed by atoms with E-state index in [1.807, 2.05) is 24.3 Å². The van der Waals surface area contributed by atoms with Crippen LogP contribution in [0.25, 0.3) is 0 Å². The smallest absolute Gasteiger partial charge is 0.252 e. The number of hydrogen-bond acceptors (Lipinski definition) is 4. The van der Waals surface area contributed by atoms with Crippen LogP contribution in [0.5, 0.6) is 11.5 Å². The van der Waals surface area contributed by atoms with E-state index >= 15 is 0 Å². The minimum atomic E-state index is -0.534. The Kier molecular flexibility index (Phi) is 4.84. The van der Waals surface area contributed by atoms with Gasteiger partial charge in [0.1, 0.15) is 17.1 Å². The van der Waals surface area contributed by atoms with Crippen molar-refractivity contribution in [1.29, 1.82) is 0 Å². The first-order chi connectivity index (χ1) is 16.5. The molecule has 2 saturated carbocycles. The number of Topliss-reactive ketones (excluding diaryl/α,β-unsaturated/α-hetero) is 1. The average molecular weight is 538 g/mol. The van der Waals surface area contributed by atoms with Crippen LogP contribution in [0.15, 0.2) is 36.4 Å².